The molecule has 3 unspecified atom stereocenters. The summed E-state index contributed by atoms with van der Waals surface area (Å²) in [6.45, 7) is 3.78. The van der Waals surface area contributed by atoms with Gasteiger partial charge in [-0.3, -0.25) is 9.98 Å². The largest absolute Gasteiger partial charge is 0.484 e. The van der Waals surface area contributed by atoms with E-state index < -0.39 is 5.60 Å². The van der Waals surface area contributed by atoms with Gasteiger partial charge >= 0.3 is 0 Å². The summed E-state index contributed by atoms with van der Waals surface area (Å²) in [7, 11) is 0. The molecule has 2 bridgehead atoms. The molecule has 1 aromatic heterocycles. The smallest absolute Gasteiger partial charge is 0.141 e. The molecule has 5 rings (SSSR count). The Morgan fingerprint density at radius 1 is 1.42 bits per heavy atom. The first kappa shape index (κ1) is 20.4. The van der Waals surface area contributed by atoms with Crippen LogP contribution in [-0.2, 0) is 22.5 Å². The van der Waals surface area contributed by atoms with E-state index in [-0.39, 0.29) is 18.2 Å². The number of aliphatic hydroxyl groups is 1. The number of aromatic nitrogens is 1. The number of aliphatic imine (C=N–C) groups is 1. The SMILES string of the molecule is CC(Oc1ccc2ncc3c(c2c1)CCOC3)/C(C=NC12CCC(CO)(C1)OC2)=N/N. The molecule has 0 amide bonds. The molecule has 8 nitrogen and oxygen atoms in total. The van der Waals surface area contributed by atoms with Crippen LogP contribution in [0.3, 0.4) is 0 Å². The van der Waals surface area contributed by atoms with Gasteiger partial charge in [0.1, 0.15) is 17.6 Å². The summed E-state index contributed by atoms with van der Waals surface area (Å²) in [6, 6.07) is 5.92. The van der Waals surface area contributed by atoms with Gasteiger partial charge in [0.2, 0.25) is 0 Å². The van der Waals surface area contributed by atoms with E-state index in [1.54, 1.807) is 6.21 Å². The van der Waals surface area contributed by atoms with Crippen molar-refractivity contribution >= 4 is 22.8 Å². The first-order valence-electron chi connectivity index (χ1n) is 10.8. The summed E-state index contributed by atoms with van der Waals surface area (Å²) in [5.41, 5.74) is 3.19. The van der Waals surface area contributed by atoms with Crippen LogP contribution in [0.4, 0.5) is 0 Å². The summed E-state index contributed by atoms with van der Waals surface area (Å²) in [5.74, 6) is 6.40. The lowest BCUT2D eigenvalue weighted by Gasteiger charge is -2.25. The monoisotopic (exact) mass is 424 g/mol. The summed E-state index contributed by atoms with van der Waals surface area (Å²) < 4.78 is 17.5. The van der Waals surface area contributed by atoms with Gasteiger partial charge in [-0.15, -0.1) is 0 Å². The van der Waals surface area contributed by atoms with Gasteiger partial charge in [-0.25, -0.2) is 0 Å². The molecule has 8 heteroatoms. The lowest BCUT2D eigenvalue weighted by molar-refractivity contribution is -0.0542. The summed E-state index contributed by atoms with van der Waals surface area (Å²) >= 11 is 0. The molecule has 0 spiro atoms. The third kappa shape index (κ3) is 3.69. The van der Waals surface area contributed by atoms with Crippen LogP contribution in [0.5, 0.6) is 5.75 Å². The van der Waals surface area contributed by atoms with Crippen LogP contribution in [0.1, 0.15) is 37.3 Å². The van der Waals surface area contributed by atoms with E-state index in [0.717, 1.165) is 54.5 Å². The standard InChI is InChI=1S/C23H28N4O4/c1-15(21(27-24)10-26-22-5-6-23(12-22,13-28)30-14-22)31-17-2-3-20-19(8-17)18-4-7-29-11-16(18)9-25-20/h2-3,8-10,15,28H,4-7,11-14,24H2,1H3/b26-10?,27-21+. The van der Waals surface area contributed by atoms with E-state index in [9.17, 15) is 5.11 Å². The summed E-state index contributed by atoms with van der Waals surface area (Å²) in [4.78, 5) is 9.32. The molecule has 1 saturated carbocycles. The Hall–Kier alpha value is -2.55. The van der Waals surface area contributed by atoms with Gasteiger partial charge in [0.15, 0.2) is 0 Å². The maximum atomic E-state index is 9.63. The molecule has 3 heterocycles. The quantitative estimate of drug-likeness (QED) is 0.418. The van der Waals surface area contributed by atoms with Gasteiger partial charge in [0.05, 0.1) is 43.1 Å². The third-order valence-corrected chi connectivity index (χ3v) is 6.78. The second kappa shape index (κ2) is 7.85. The van der Waals surface area contributed by atoms with Crippen LogP contribution >= 0.6 is 0 Å². The van der Waals surface area contributed by atoms with Gasteiger partial charge < -0.3 is 25.2 Å². The van der Waals surface area contributed by atoms with E-state index in [4.69, 9.17) is 25.0 Å². The van der Waals surface area contributed by atoms with Crippen LogP contribution in [0, 0.1) is 0 Å². The fraction of sp³-hybridized carbons (Fsp3) is 0.522. The van der Waals surface area contributed by atoms with E-state index in [2.05, 4.69) is 10.1 Å². The Morgan fingerprint density at radius 3 is 3.06 bits per heavy atom. The highest BCUT2D eigenvalue weighted by Crippen LogP contribution is 2.49. The Balaban J connectivity index is 1.33. The first-order chi connectivity index (χ1) is 15.1. The van der Waals surface area contributed by atoms with Crippen molar-refractivity contribution in [2.45, 2.75) is 56.5 Å². The molecule has 1 saturated heterocycles. The number of hydrogen-bond acceptors (Lipinski definition) is 8. The second-order valence-electron chi connectivity index (χ2n) is 8.85. The van der Waals surface area contributed by atoms with Crippen LogP contribution in [0.15, 0.2) is 34.5 Å². The van der Waals surface area contributed by atoms with Crippen molar-refractivity contribution in [2.24, 2.45) is 15.9 Å². The average Bonchev–Trinajstić information content (AvgIpc) is 3.36. The predicted molar refractivity (Wildman–Crippen MR) is 118 cm³/mol. The molecular weight excluding hydrogens is 396 g/mol. The van der Waals surface area contributed by atoms with Crippen LogP contribution in [-0.4, -0.2) is 59.1 Å². The van der Waals surface area contributed by atoms with Crippen molar-refractivity contribution in [3.05, 3.63) is 35.5 Å². The lowest BCUT2D eigenvalue weighted by Crippen LogP contribution is -2.32. The fourth-order valence-electron chi connectivity index (χ4n) is 4.93. The minimum atomic E-state index is -0.428. The summed E-state index contributed by atoms with van der Waals surface area (Å²) in [5, 5.41) is 14.6. The minimum absolute atomic E-state index is 0.0360. The van der Waals surface area contributed by atoms with Gasteiger partial charge in [0.25, 0.3) is 0 Å². The second-order valence-corrected chi connectivity index (χ2v) is 8.85. The number of aliphatic hydroxyl groups excluding tert-OH is 1. The summed E-state index contributed by atoms with van der Waals surface area (Å²) in [6.07, 6.45) is 6.54. The third-order valence-electron chi connectivity index (χ3n) is 6.78. The molecule has 164 valence electrons. The van der Waals surface area contributed by atoms with Crippen molar-refractivity contribution in [1.82, 2.24) is 4.98 Å². The molecule has 3 N–H and O–H groups in total. The number of nitrogens with zero attached hydrogens (tertiary/aromatic N) is 3. The number of rotatable bonds is 6. The maximum absolute atomic E-state index is 9.63. The van der Waals surface area contributed by atoms with Crippen molar-refractivity contribution in [2.75, 3.05) is 19.8 Å². The molecule has 3 aliphatic rings. The number of hydrogen-bond donors (Lipinski definition) is 2. The molecule has 2 fully saturated rings. The zero-order valence-electron chi connectivity index (χ0n) is 17.7. The molecular formula is C23H28N4O4. The first-order valence-corrected chi connectivity index (χ1v) is 10.8. The number of benzene rings is 1. The van der Waals surface area contributed by atoms with E-state index in [1.807, 2.05) is 31.3 Å². The lowest BCUT2D eigenvalue weighted by atomic mass is 9.99. The molecule has 2 aromatic rings. The average molecular weight is 425 g/mol. The molecule has 2 aliphatic heterocycles. The fourth-order valence-corrected chi connectivity index (χ4v) is 4.93. The van der Waals surface area contributed by atoms with E-state index >= 15 is 0 Å². The van der Waals surface area contributed by atoms with Crippen LogP contribution < -0.4 is 10.6 Å². The van der Waals surface area contributed by atoms with Crippen LogP contribution in [0.2, 0.25) is 0 Å². The number of fused-ring (bicyclic) bond motifs is 5. The van der Waals surface area contributed by atoms with Gasteiger partial charge in [0, 0.05) is 24.2 Å². The number of nitrogens with two attached hydrogens (primary N) is 1. The molecule has 0 radical (unpaired) electrons. The van der Waals surface area contributed by atoms with Crippen molar-refractivity contribution in [3.63, 3.8) is 0 Å². The predicted octanol–water partition coefficient (Wildman–Crippen LogP) is 2.14. The highest BCUT2D eigenvalue weighted by molar-refractivity contribution is 6.32. The Bertz CT molecular complexity index is 1040. The Kier molecular flexibility index (Phi) is 5.16. The molecule has 1 aliphatic carbocycles. The Morgan fingerprint density at radius 2 is 2.32 bits per heavy atom. The zero-order valence-corrected chi connectivity index (χ0v) is 17.7. The van der Waals surface area contributed by atoms with Crippen molar-refractivity contribution in [3.8, 4) is 5.75 Å². The van der Waals surface area contributed by atoms with Gasteiger partial charge in [-0.05, 0) is 55.5 Å². The molecule has 3 atom stereocenters. The zero-order chi connectivity index (χ0) is 21.5. The van der Waals surface area contributed by atoms with Crippen molar-refractivity contribution in [1.29, 1.82) is 0 Å². The number of pyridine rings is 1. The topological polar surface area (TPSA) is 112 Å². The Labute approximate surface area is 181 Å². The van der Waals surface area contributed by atoms with E-state index in [1.165, 1.54) is 5.56 Å². The van der Waals surface area contributed by atoms with Crippen molar-refractivity contribution < 1.29 is 19.3 Å². The molecule has 31 heavy (non-hydrogen) atoms. The number of hydrazone groups is 1. The highest BCUT2D eigenvalue weighted by atomic mass is 16.5. The highest BCUT2D eigenvalue weighted by Gasteiger charge is 2.55. The maximum Gasteiger partial charge on any atom is 0.141 e. The number of ether oxygens (including phenoxy) is 3. The van der Waals surface area contributed by atoms with E-state index in [0.29, 0.717) is 18.9 Å². The molecule has 1 aromatic carbocycles. The van der Waals surface area contributed by atoms with Crippen LogP contribution in [0.25, 0.3) is 10.9 Å². The normalized spacial score (nSPS) is 28.9. The van der Waals surface area contributed by atoms with Gasteiger partial charge in [-0.1, -0.05) is 0 Å². The van der Waals surface area contributed by atoms with Gasteiger partial charge in [-0.2, -0.15) is 5.10 Å². The minimum Gasteiger partial charge on any atom is -0.484 e.